The van der Waals surface area contributed by atoms with Crippen LogP contribution >= 0.6 is 0 Å². The molecule has 3 nitrogen and oxygen atoms in total. The van der Waals surface area contributed by atoms with Crippen LogP contribution in [0.3, 0.4) is 0 Å². The van der Waals surface area contributed by atoms with Crippen molar-refractivity contribution in [3.8, 4) is 11.4 Å². The van der Waals surface area contributed by atoms with Crippen molar-refractivity contribution in [3.05, 3.63) is 36.7 Å². The normalized spacial score (nSPS) is 10.8. The summed E-state index contributed by atoms with van der Waals surface area (Å²) in [6.07, 6.45) is 3.61. The van der Waals surface area contributed by atoms with Crippen molar-refractivity contribution in [2.75, 3.05) is 0 Å². The summed E-state index contributed by atoms with van der Waals surface area (Å²) < 4.78 is 1.97. The summed E-state index contributed by atoms with van der Waals surface area (Å²) in [5, 5.41) is 4.27. The minimum absolute atomic E-state index is 0.363. The van der Waals surface area contributed by atoms with Crippen molar-refractivity contribution in [1.82, 2.24) is 14.8 Å². The van der Waals surface area contributed by atoms with E-state index in [9.17, 15) is 0 Å². The van der Waals surface area contributed by atoms with Gasteiger partial charge in [-0.15, -0.1) is 0 Å². The average Bonchev–Trinajstić information content (AvgIpc) is 2.67. The van der Waals surface area contributed by atoms with E-state index < -0.39 is 0 Å². The zero-order chi connectivity index (χ0) is 9.97. The van der Waals surface area contributed by atoms with Crippen LogP contribution < -0.4 is 0 Å². The molecule has 0 aromatic carbocycles. The number of rotatable bonds is 2. The van der Waals surface area contributed by atoms with Crippen LogP contribution in [-0.2, 0) is 0 Å². The molecule has 0 saturated carbocycles. The molecule has 0 unspecified atom stereocenters. The zero-order valence-electron chi connectivity index (χ0n) is 8.38. The Balaban J connectivity index is 2.47. The Hall–Kier alpha value is -1.64. The van der Waals surface area contributed by atoms with E-state index in [1.54, 1.807) is 6.20 Å². The summed E-state index contributed by atoms with van der Waals surface area (Å²) in [6.45, 7) is 4.22. The van der Waals surface area contributed by atoms with Gasteiger partial charge in [-0.05, 0) is 32.0 Å². The summed E-state index contributed by atoms with van der Waals surface area (Å²) in [6, 6.07) is 8.25. The first-order chi connectivity index (χ1) is 6.79. The van der Waals surface area contributed by atoms with Crippen LogP contribution in [0.5, 0.6) is 0 Å². The van der Waals surface area contributed by atoms with Crippen molar-refractivity contribution in [1.29, 1.82) is 0 Å². The van der Waals surface area contributed by atoms with E-state index in [2.05, 4.69) is 23.9 Å². The molecule has 0 aliphatic carbocycles. The van der Waals surface area contributed by atoms with Crippen LogP contribution in [-0.4, -0.2) is 14.8 Å². The molecule has 0 atom stereocenters. The topological polar surface area (TPSA) is 30.7 Å². The third kappa shape index (κ3) is 1.53. The van der Waals surface area contributed by atoms with Crippen LogP contribution in [0, 0.1) is 0 Å². The number of hydrogen-bond donors (Lipinski definition) is 0. The fourth-order valence-electron chi connectivity index (χ4n) is 1.44. The number of hydrogen-bond acceptors (Lipinski definition) is 2. The molecule has 3 heteroatoms. The lowest BCUT2D eigenvalue weighted by molar-refractivity contribution is 0.538. The lowest BCUT2D eigenvalue weighted by Gasteiger charge is -2.09. The van der Waals surface area contributed by atoms with Gasteiger partial charge in [0.15, 0.2) is 0 Å². The molecule has 2 heterocycles. The summed E-state index contributed by atoms with van der Waals surface area (Å²) in [7, 11) is 0. The minimum Gasteiger partial charge on any atom is -0.261 e. The smallest absolute Gasteiger partial charge is 0.0883 e. The third-order valence-corrected chi connectivity index (χ3v) is 2.09. The predicted octanol–water partition coefficient (Wildman–Crippen LogP) is 2.53. The quantitative estimate of drug-likeness (QED) is 0.723. The fourth-order valence-corrected chi connectivity index (χ4v) is 1.44. The second-order valence-corrected chi connectivity index (χ2v) is 3.47. The van der Waals surface area contributed by atoms with E-state index in [4.69, 9.17) is 0 Å². The molecule has 0 aliphatic heterocycles. The van der Waals surface area contributed by atoms with E-state index in [1.165, 1.54) is 0 Å². The molecule has 2 rings (SSSR count). The van der Waals surface area contributed by atoms with E-state index >= 15 is 0 Å². The summed E-state index contributed by atoms with van der Waals surface area (Å²) in [5.74, 6) is 0. The van der Waals surface area contributed by atoms with Gasteiger partial charge in [0.25, 0.3) is 0 Å². The Labute approximate surface area is 83.4 Å². The summed E-state index contributed by atoms with van der Waals surface area (Å²) in [5.41, 5.74) is 2.04. The van der Waals surface area contributed by atoms with Gasteiger partial charge in [-0.2, -0.15) is 5.10 Å². The molecule has 0 spiro atoms. The fraction of sp³-hybridized carbons (Fsp3) is 0.273. The number of pyridine rings is 1. The molecule has 0 N–H and O–H groups in total. The van der Waals surface area contributed by atoms with E-state index in [0.717, 1.165) is 11.4 Å². The van der Waals surface area contributed by atoms with Crippen LogP contribution in [0.2, 0.25) is 0 Å². The first-order valence-electron chi connectivity index (χ1n) is 4.74. The Morgan fingerprint density at radius 3 is 2.64 bits per heavy atom. The van der Waals surface area contributed by atoms with Crippen LogP contribution in [0.15, 0.2) is 36.7 Å². The molecule has 0 amide bonds. The largest absolute Gasteiger partial charge is 0.261 e. The van der Waals surface area contributed by atoms with Gasteiger partial charge in [0, 0.05) is 18.4 Å². The van der Waals surface area contributed by atoms with Crippen LogP contribution in [0.4, 0.5) is 0 Å². The summed E-state index contributed by atoms with van der Waals surface area (Å²) in [4.78, 5) is 4.30. The Kier molecular flexibility index (Phi) is 2.31. The molecule has 72 valence electrons. The molecule has 0 bridgehead atoms. The Morgan fingerprint density at radius 2 is 2.00 bits per heavy atom. The van der Waals surface area contributed by atoms with E-state index in [0.29, 0.717) is 6.04 Å². The average molecular weight is 187 g/mol. The van der Waals surface area contributed by atoms with Crippen molar-refractivity contribution in [2.24, 2.45) is 0 Å². The van der Waals surface area contributed by atoms with Gasteiger partial charge in [0.05, 0.1) is 11.4 Å². The minimum atomic E-state index is 0.363. The Bertz CT molecular complexity index is 403. The number of nitrogens with zero attached hydrogens (tertiary/aromatic N) is 3. The molecule has 0 fully saturated rings. The maximum absolute atomic E-state index is 4.30. The molecular weight excluding hydrogens is 174 g/mol. The monoisotopic (exact) mass is 187 g/mol. The SMILES string of the molecule is CC(C)n1nccc1-c1ccccn1. The van der Waals surface area contributed by atoms with Crippen LogP contribution in [0.1, 0.15) is 19.9 Å². The Morgan fingerprint density at radius 1 is 1.14 bits per heavy atom. The highest BCUT2D eigenvalue weighted by atomic mass is 15.3. The maximum Gasteiger partial charge on any atom is 0.0883 e. The highest BCUT2D eigenvalue weighted by Crippen LogP contribution is 2.18. The molecule has 2 aromatic rings. The van der Waals surface area contributed by atoms with Gasteiger partial charge in [0.1, 0.15) is 0 Å². The highest BCUT2D eigenvalue weighted by molar-refractivity contribution is 5.53. The van der Waals surface area contributed by atoms with Crippen molar-refractivity contribution in [3.63, 3.8) is 0 Å². The third-order valence-electron chi connectivity index (χ3n) is 2.09. The second kappa shape index (κ2) is 3.62. The standard InChI is InChI=1S/C11H13N3/c1-9(2)14-11(6-8-13-14)10-5-3-4-7-12-10/h3-9H,1-2H3. The van der Waals surface area contributed by atoms with Gasteiger partial charge < -0.3 is 0 Å². The van der Waals surface area contributed by atoms with E-state index in [1.807, 2.05) is 35.1 Å². The lowest BCUT2D eigenvalue weighted by Crippen LogP contribution is -2.04. The van der Waals surface area contributed by atoms with Crippen molar-refractivity contribution < 1.29 is 0 Å². The molecular formula is C11H13N3. The maximum atomic E-state index is 4.30. The molecule has 0 radical (unpaired) electrons. The van der Waals surface area contributed by atoms with Crippen molar-refractivity contribution in [2.45, 2.75) is 19.9 Å². The van der Waals surface area contributed by atoms with Gasteiger partial charge in [-0.3, -0.25) is 9.67 Å². The second-order valence-electron chi connectivity index (χ2n) is 3.47. The predicted molar refractivity (Wildman–Crippen MR) is 55.8 cm³/mol. The lowest BCUT2D eigenvalue weighted by atomic mass is 10.2. The van der Waals surface area contributed by atoms with Gasteiger partial charge in [-0.25, -0.2) is 0 Å². The van der Waals surface area contributed by atoms with Gasteiger partial charge in [-0.1, -0.05) is 6.07 Å². The highest BCUT2D eigenvalue weighted by Gasteiger charge is 2.07. The van der Waals surface area contributed by atoms with E-state index in [-0.39, 0.29) is 0 Å². The molecule has 2 aromatic heterocycles. The first-order valence-corrected chi connectivity index (χ1v) is 4.74. The summed E-state index contributed by atoms with van der Waals surface area (Å²) >= 11 is 0. The number of aromatic nitrogens is 3. The zero-order valence-corrected chi connectivity index (χ0v) is 8.38. The van der Waals surface area contributed by atoms with Gasteiger partial charge >= 0.3 is 0 Å². The molecule has 0 saturated heterocycles. The molecule has 0 aliphatic rings. The van der Waals surface area contributed by atoms with Gasteiger partial charge in [0.2, 0.25) is 0 Å². The first kappa shape index (κ1) is 8.94. The van der Waals surface area contributed by atoms with Crippen LogP contribution in [0.25, 0.3) is 11.4 Å². The molecule has 14 heavy (non-hydrogen) atoms. The van der Waals surface area contributed by atoms with Crippen molar-refractivity contribution >= 4 is 0 Å².